The zero-order valence-corrected chi connectivity index (χ0v) is 11.5. The number of nitrogens with one attached hydrogen (secondary N) is 1. The second-order valence-corrected chi connectivity index (χ2v) is 5.75. The second kappa shape index (κ2) is 5.12. The predicted octanol–water partition coefficient (Wildman–Crippen LogP) is 3.50. The highest BCUT2D eigenvalue weighted by molar-refractivity contribution is 7.11. The van der Waals surface area contributed by atoms with E-state index in [1.54, 1.807) is 0 Å². The number of aromatic nitrogens is 1. The topological polar surface area (TPSA) is 17.0 Å². The smallest absolute Gasteiger partial charge is 0.0626 e. The first-order chi connectivity index (χ1) is 8.84. The lowest BCUT2D eigenvalue weighted by molar-refractivity contribution is 0.609. The van der Waals surface area contributed by atoms with Gasteiger partial charge in [0.15, 0.2) is 0 Å². The normalized spacial score (nSPS) is 18.9. The van der Waals surface area contributed by atoms with E-state index in [2.05, 4.69) is 52.8 Å². The molecule has 0 aromatic carbocycles. The molecule has 18 heavy (non-hydrogen) atoms. The third kappa shape index (κ3) is 2.28. The first-order valence-corrected chi connectivity index (χ1v) is 7.34. The van der Waals surface area contributed by atoms with Crippen molar-refractivity contribution in [3.8, 4) is 0 Å². The van der Waals surface area contributed by atoms with Gasteiger partial charge < -0.3 is 9.88 Å². The van der Waals surface area contributed by atoms with Crippen molar-refractivity contribution < 1.29 is 0 Å². The Morgan fingerprint density at radius 1 is 1.39 bits per heavy atom. The van der Waals surface area contributed by atoms with Crippen LogP contribution in [0.25, 0.3) is 5.70 Å². The largest absolute Gasteiger partial charge is 0.322 e. The summed E-state index contributed by atoms with van der Waals surface area (Å²) >= 11 is 1.82. The van der Waals surface area contributed by atoms with Gasteiger partial charge in [0.25, 0.3) is 0 Å². The van der Waals surface area contributed by atoms with Crippen molar-refractivity contribution >= 4 is 17.0 Å². The van der Waals surface area contributed by atoms with Gasteiger partial charge in [0.2, 0.25) is 0 Å². The van der Waals surface area contributed by atoms with Crippen molar-refractivity contribution in [2.45, 2.75) is 19.8 Å². The monoisotopic (exact) mass is 258 g/mol. The van der Waals surface area contributed by atoms with Crippen LogP contribution in [0.5, 0.6) is 0 Å². The average Bonchev–Trinajstić information content (AvgIpc) is 3.04. The summed E-state index contributed by atoms with van der Waals surface area (Å²) in [7, 11) is 0. The van der Waals surface area contributed by atoms with E-state index >= 15 is 0 Å². The lowest BCUT2D eigenvalue weighted by atomic mass is 10.0. The number of piperidine rings is 1. The standard InChI is InChI=1S/C15H18N2S/c1-12-6-8-17(11-12)15(14-5-3-9-18-14)13-4-2-7-16-10-13/h3,5-6,8-9,11,16H,2,4,7,10H2,1H3/b15-13-. The number of nitrogens with zero attached hydrogens (tertiary/aromatic N) is 1. The molecule has 1 fully saturated rings. The summed E-state index contributed by atoms with van der Waals surface area (Å²) in [6, 6.07) is 6.52. The van der Waals surface area contributed by atoms with Crippen LogP contribution in [0.2, 0.25) is 0 Å². The van der Waals surface area contributed by atoms with E-state index in [0.29, 0.717) is 0 Å². The minimum atomic E-state index is 1.02. The first kappa shape index (κ1) is 11.8. The molecule has 1 N–H and O–H groups in total. The highest BCUT2D eigenvalue weighted by Gasteiger charge is 2.14. The quantitative estimate of drug-likeness (QED) is 0.872. The van der Waals surface area contributed by atoms with Crippen LogP contribution >= 0.6 is 11.3 Å². The molecule has 2 aromatic rings. The molecular formula is C15H18N2S. The molecule has 0 radical (unpaired) electrons. The Balaban J connectivity index is 2.09. The summed E-state index contributed by atoms with van der Waals surface area (Å²) in [6.07, 6.45) is 6.84. The first-order valence-electron chi connectivity index (χ1n) is 6.46. The Morgan fingerprint density at radius 3 is 2.94 bits per heavy atom. The van der Waals surface area contributed by atoms with E-state index in [1.165, 1.54) is 34.6 Å². The lowest BCUT2D eigenvalue weighted by Gasteiger charge is -2.20. The minimum Gasteiger partial charge on any atom is -0.322 e. The van der Waals surface area contributed by atoms with Crippen molar-refractivity contribution in [1.29, 1.82) is 0 Å². The Labute approximate surface area is 112 Å². The van der Waals surface area contributed by atoms with Crippen molar-refractivity contribution in [3.05, 3.63) is 52.0 Å². The third-order valence-electron chi connectivity index (χ3n) is 3.36. The molecule has 0 aliphatic carbocycles. The van der Waals surface area contributed by atoms with Gasteiger partial charge in [-0.25, -0.2) is 0 Å². The van der Waals surface area contributed by atoms with Crippen LogP contribution in [0.3, 0.4) is 0 Å². The maximum Gasteiger partial charge on any atom is 0.0626 e. The van der Waals surface area contributed by atoms with E-state index < -0.39 is 0 Å². The Hall–Kier alpha value is -1.32. The SMILES string of the molecule is Cc1ccn(/C(=C2/CCCNC2)c2cccs2)c1. The molecule has 0 bridgehead atoms. The Kier molecular flexibility index (Phi) is 3.35. The molecule has 0 amide bonds. The molecule has 1 aliphatic rings. The van der Waals surface area contributed by atoms with Crippen molar-refractivity contribution in [1.82, 2.24) is 9.88 Å². The van der Waals surface area contributed by atoms with Gasteiger partial charge in [-0.1, -0.05) is 6.07 Å². The summed E-state index contributed by atoms with van der Waals surface area (Å²) < 4.78 is 2.28. The molecular weight excluding hydrogens is 240 g/mol. The average molecular weight is 258 g/mol. The summed E-state index contributed by atoms with van der Waals surface area (Å²) in [4.78, 5) is 1.37. The Bertz CT molecular complexity index is 541. The fourth-order valence-electron chi connectivity index (χ4n) is 2.50. The van der Waals surface area contributed by atoms with E-state index in [-0.39, 0.29) is 0 Å². The van der Waals surface area contributed by atoms with Crippen LogP contribution in [0, 0.1) is 6.92 Å². The van der Waals surface area contributed by atoms with Gasteiger partial charge in [0, 0.05) is 18.9 Å². The molecule has 0 unspecified atom stereocenters. The molecule has 3 heteroatoms. The molecule has 2 aromatic heterocycles. The van der Waals surface area contributed by atoms with E-state index in [0.717, 1.165) is 13.1 Å². The van der Waals surface area contributed by atoms with Gasteiger partial charge in [-0.3, -0.25) is 0 Å². The highest BCUT2D eigenvalue weighted by Crippen LogP contribution is 2.28. The number of aryl methyl sites for hydroxylation is 1. The maximum atomic E-state index is 3.49. The summed E-state index contributed by atoms with van der Waals surface area (Å²) in [5, 5.41) is 5.64. The summed E-state index contributed by atoms with van der Waals surface area (Å²) in [6.45, 7) is 4.31. The van der Waals surface area contributed by atoms with Crippen LogP contribution in [0.15, 0.2) is 41.5 Å². The van der Waals surface area contributed by atoms with E-state index in [4.69, 9.17) is 0 Å². The maximum absolute atomic E-state index is 3.49. The molecule has 2 nitrogen and oxygen atoms in total. The fraction of sp³-hybridized carbons (Fsp3) is 0.333. The molecule has 3 heterocycles. The van der Waals surface area contributed by atoms with Gasteiger partial charge in [0.1, 0.15) is 0 Å². The zero-order valence-electron chi connectivity index (χ0n) is 10.6. The van der Waals surface area contributed by atoms with Crippen molar-refractivity contribution in [2.75, 3.05) is 13.1 Å². The number of hydrogen-bond donors (Lipinski definition) is 1. The van der Waals surface area contributed by atoms with Gasteiger partial charge in [-0.15, -0.1) is 11.3 Å². The minimum absolute atomic E-state index is 1.02. The van der Waals surface area contributed by atoms with Gasteiger partial charge >= 0.3 is 0 Å². The van der Waals surface area contributed by atoms with E-state index in [9.17, 15) is 0 Å². The number of hydrogen-bond acceptors (Lipinski definition) is 2. The van der Waals surface area contributed by atoms with Gasteiger partial charge in [-0.05, 0) is 55.0 Å². The van der Waals surface area contributed by atoms with E-state index in [1.807, 2.05) is 11.3 Å². The molecule has 0 atom stereocenters. The molecule has 1 saturated heterocycles. The van der Waals surface area contributed by atoms with Crippen LogP contribution in [0.1, 0.15) is 23.3 Å². The molecule has 0 spiro atoms. The number of thiophene rings is 1. The van der Waals surface area contributed by atoms with Crippen molar-refractivity contribution in [3.63, 3.8) is 0 Å². The van der Waals surface area contributed by atoms with Gasteiger partial charge in [0.05, 0.1) is 10.6 Å². The molecule has 0 saturated carbocycles. The van der Waals surface area contributed by atoms with Crippen LogP contribution < -0.4 is 5.32 Å². The van der Waals surface area contributed by atoms with Crippen LogP contribution in [-0.4, -0.2) is 17.7 Å². The predicted molar refractivity (Wildman–Crippen MR) is 77.9 cm³/mol. The second-order valence-electron chi connectivity index (χ2n) is 4.81. The third-order valence-corrected chi connectivity index (χ3v) is 4.24. The summed E-state index contributed by atoms with van der Waals surface area (Å²) in [5.74, 6) is 0. The van der Waals surface area contributed by atoms with Crippen molar-refractivity contribution in [2.24, 2.45) is 0 Å². The Morgan fingerprint density at radius 2 is 2.33 bits per heavy atom. The van der Waals surface area contributed by atoms with Crippen LogP contribution in [0.4, 0.5) is 0 Å². The zero-order chi connectivity index (χ0) is 12.4. The molecule has 94 valence electrons. The lowest BCUT2D eigenvalue weighted by Crippen LogP contribution is -2.25. The highest BCUT2D eigenvalue weighted by atomic mass is 32.1. The number of rotatable bonds is 2. The molecule has 3 rings (SSSR count). The summed E-state index contributed by atoms with van der Waals surface area (Å²) in [5.41, 5.74) is 4.22. The molecule has 1 aliphatic heterocycles. The van der Waals surface area contributed by atoms with Gasteiger partial charge in [-0.2, -0.15) is 0 Å². The van der Waals surface area contributed by atoms with Crippen LogP contribution in [-0.2, 0) is 0 Å². The fourth-order valence-corrected chi connectivity index (χ4v) is 3.32.